The van der Waals surface area contributed by atoms with Crippen molar-refractivity contribution in [1.82, 2.24) is 19.1 Å². The number of aromatic nitrogens is 4. The fourth-order valence-electron chi connectivity index (χ4n) is 6.39. The quantitative estimate of drug-likeness (QED) is 0.277. The number of anilines is 2. The minimum absolute atomic E-state index is 0.0990. The number of hydrogen-bond donors (Lipinski definition) is 3. The van der Waals surface area contributed by atoms with Crippen LogP contribution in [-0.4, -0.2) is 47.4 Å². The number of nitrogen functional groups attached to an aromatic ring is 1. The number of nitrogens with zero attached hydrogens (tertiary/aromatic N) is 4. The predicted octanol–water partition coefficient (Wildman–Crippen LogP) is 5.13. The van der Waals surface area contributed by atoms with Crippen molar-refractivity contribution in [3.63, 3.8) is 0 Å². The highest BCUT2D eigenvalue weighted by Gasteiger charge is 2.38. The summed E-state index contributed by atoms with van der Waals surface area (Å²) in [7, 11) is 0. The van der Waals surface area contributed by atoms with Crippen LogP contribution in [0.5, 0.6) is 0 Å². The van der Waals surface area contributed by atoms with Gasteiger partial charge in [0.15, 0.2) is 5.78 Å². The highest BCUT2D eigenvalue weighted by Crippen LogP contribution is 2.39. The molecule has 2 aliphatic rings. The zero-order valence-electron chi connectivity index (χ0n) is 24.6. The standard InChI is InChI=1S/C32H34F2N6O4/c1-31(2,44)16-39-15-23(26-27(35)36-17-37-28(26)39)18-6-8-19(9-7-18)38-29(42)22-14-21-24(4-3-5-25(21)41)40(30(22)43)20-10-12-32(33,34)13-11-20/h6-9,14-15,17,20,44H,3-5,10-13,16H2,1-2H3,(H,38,42)(H2,35,36,37). The topological polar surface area (TPSA) is 145 Å². The summed E-state index contributed by atoms with van der Waals surface area (Å²) < 4.78 is 31.1. The van der Waals surface area contributed by atoms with Gasteiger partial charge in [-0.25, -0.2) is 18.7 Å². The van der Waals surface area contributed by atoms with Crippen molar-refractivity contribution >= 4 is 34.2 Å². The van der Waals surface area contributed by atoms with Crippen LogP contribution >= 0.6 is 0 Å². The van der Waals surface area contributed by atoms with Gasteiger partial charge < -0.3 is 25.3 Å². The lowest BCUT2D eigenvalue weighted by atomic mass is 9.88. The van der Waals surface area contributed by atoms with E-state index in [2.05, 4.69) is 15.3 Å². The molecule has 0 unspecified atom stereocenters. The monoisotopic (exact) mass is 604 g/mol. The van der Waals surface area contributed by atoms with Gasteiger partial charge in [0.05, 0.1) is 17.5 Å². The van der Waals surface area contributed by atoms with Crippen molar-refractivity contribution in [3.05, 3.63) is 70.0 Å². The van der Waals surface area contributed by atoms with Crippen LogP contribution in [-0.2, 0) is 13.0 Å². The summed E-state index contributed by atoms with van der Waals surface area (Å²) in [6.45, 7) is 3.67. The van der Waals surface area contributed by atoms with Gasteiger partial charge >= 0.3 is 0 Å². The first-order valence-corrected chi connectivity index (χ1v) is 14.7. The zero-order chi connectivity index (χ0) is 31.4. The van der Waals surface area contributed by atoms with Gasteiger partial charge in [0.1, 0.15) is 23.4 Å². The number of ketones is 1. The summed E-state index contributed by atoms with van der Waals surface area (Å²) in [6, 6.07) is 7.78. The Morgan fingerprint density at radius 1 is 1.11 bits per heavy atom. The van der Waals surface area contributed by atoms with Crippen molar-refractivity contribution in [2.75, 3.05) is 11.1 Å². The number of carbonyl (C=O) groups excluding carboxylic acids is 2. The van der Waals surface area contributed by atoms with E-state index < -0.39 is 29.0 Å². The third-order valence-electron chi connectivity index (χ3n) is 8.45. The molecule has 4 aromatic rings. The van der Waals surface area contributed by atoms with Crippen LogP contribution in [0.25, 0.3) is 22.2 Å². The molecule has 1 aromatic carbocycles. The number of halogens is 2. The highest BCUT2D eigenvalue weighted by molar-refractivity contribution is 6.07. The molecule has 3 heterocycles. The number of nitrogens with two attached hydrogens (primary N) is 1. The number of Topliss-reactive ketones (excluding diaryl/α,β-unsaturated/α-hetero) is 1. The van der Waals surface area contributed by atoms with Crippen LogP contribution in [0, 0.1) is 0 Å². The molecular formula is C32H34F2N6O4. The Bertz CT molecular complexity index is 1830. The van der Waals surface area contributed by atoms with Crippen LogP contribution in [0.15, 0.2) is 47.7 Å². The number of benzene rings is 1. The number of nitrogens with one attached hydrogen (secondary N) is 1. The van der Waals surface area contributed by atoms with Crippen molar-refractivity contribution in [1.29, 1.82) is 0 Å². The second-order valence-electron chi connectivity index (χ2n) is 12.4. The van der Waals surface area contributed by atoms with Gasteiger partial charge in [0, 0.05) is 54.0 Å². The SMILES string of the molecule is CC(C)(O)Cn1cc(-c2ccc(NC(=O)c3cc4c(n(C5CCC(F)(F)CC5)c3=O)CCCC4=O)cc2)c2c(N)ncnc21. The van der Waals surface area contributed by atoms with Crippen molar-refractivity contribution in [2.45, 2.75) is 82.9 Å². The molecule has 0 bridgehead atoms. The number of aliphatic hydroxyl groups is 1. The average Bonchev–Trinajstić information content (AvgIpc) is 3.32. The second-order valence-corrected chi connectivity index (χ2v) is 12.4. The number of alkyl halides is 2. The molecule has 1 fully saturated rings. The summed E-state index contributed by atoms with van der Waals surface area (Å²) in [5, 5.41) is 13.8. The maximum atomic E-state index is 13.9. The van der Waals surface area contributed by atoms with E-state index in [0.717, 1.165) is 11.1 Å². The van der Waals surface area contributed by atoms with Crippen molar-refractivity contribution in [3.8, 4) is 11.1 Å². The lowest BCUT2D eigenvalue weighted by Crippen LogP contribution is -2.39. The normalized spacial score (nSPS) is 17.1. The van der Waals surface area contributed by atoms with Gasteiger partial charge in [-0.15, -0.1) is 0 Å². The second kappa shape index (κ2) is 10.9. The Labute approximate surface area is 251 Å². The fourth-order valence-corrected chi connectivity index (χ4v) is 6.39. The predicted molar refractivity (Wildman–Crippen MR) is 162 cm³/mol. The van der Waals surface area contributed by atoms with Gasteiger partial charge in [0.2, 0.25) is 5.92 Å². The van der Waals surface area contributed by atoms with Gasteiger partial charge in [-0.1, -0.05) is 12.1 Å². The Balaban J connectivity index is 1.31. The summed E-state index contributed by atoms with van der Waals surface area (Å²) >= 11 is 0. The van der Waals surface area contributed by atoms with Gasteiger partial charge in [-0.05, 0) is 63.3 Å². The minimum Gasteiger partial charge on any atom is -0.389 e. The minimum atomic E-state index is -2.78. The van der Waals surface area contributed by atoms with E-state index in [0.29, 0.717) is 47.2 Å². The third-order valence-corrected chi connectivity index (χ3v) is 8.45. The number of pyridine rings is 1. The number of amides is 1. The van der Waals surface area contributed by atoms with Crippen LogP contribution in [0.4, 0.5) is 20.3 Å². The number of fused-ring (bicyclic) bond motifs is 2. The largest absolute Gasteiger partial charge is 0.389 e. The molecule has 1 amide bonds. The van der Waals surface area contributed by atoms with Crippen LogP contribution in [0.3, 0.4) is 0 Å². The van der Waals surface area contributed by atoms with Crippen LogP contribution in [0.1, 0.15) is 84.8 Å². The molecule has 44 heavy (non-hydrogen) atoms. The van der Waals surface area contributed by atoms with E-state index in [1.165, 1.54) is 17.0 Å². The summed E-state index contributed by atoms with van der Waals surface area (Å²) in [6.07, 6.45) is 4.08. The third kappa shape index (κ3) is 5.61. The highest BCUT2D eigenvalue weighted by atomic mass is 19.3. The molecule has 10 nitrogen and oxygen atoms in total. The molecule has 0 atom stereocenters. The molecule has 12 heteroatoms. The van der Waals surface area contributed by atoms with Crippen molar-refractivity contribution < 1.29 is 23.5 Å². The van der Waals surface area contributed by atoms with Gasteiger partial charge in [-0.2, -0.15) is 0 Å². The first-order valence-electron chi connectivity index (χ1n) is 14.7. The molecular weight excluding hydrogens is 570 g/mol. The van der Waals surface area contributed by atoms with Gasteiger partial charge in [-0.3, -0.25) is 14.4 Å². The molecule has 1 saturated carbocycles. The molecule has 0 spiro atoms. The van der Waals surface area contributed by atoms with E-state index in [1.807, 2.05) is 10.8 Å². The Morgan fingerprint density at radius 2 is 1.82 bits per heavy atom. The van der Waals surface area contributed by atoms with E-state index >= 15 is 0 Å². The zero-order valence-corrected chi connectivity index (χ0v) is 24.6. The molecule has 4 N–H and O–H groups in total. The molecule has 0 aliphatic heterocycles. The van der Waals surface area contributed by atoms with E-state index in [1.54, 1.807) is 38.1 Å². The Morgan fingerprint density at radius 3 is 2.50 bits per heavy atom. The summed E-state index contributed by atoms with van der Waals surface area (Å²) in [4.78, 5) is 48.5. The molecule has 0 radical (unpaired) electrons. The van der Waals surface area contributed by atoms with E-state index in [4.69, 9.17) is 5.73 Å². The molecule has 230 valence electrons. The van der Waals surface area contributed by atoms with Crippen molar-refractivity contribution in [2.24, 2.45) is 0 Å². The van der Waals surface area contributed by atoms with E-state index in [9.17, 15) is 28.3 Å². The molecule has 0 saturated heterocycles. The summed E-state index contributed by atoms with van der Waals surface area (Å²) in [5.41, 5.74) is 7.79. The van der Waals surface area contributed by atoms with E-state index in [-0.39, 0.29) is 49.4 Å². The first kappa shape index (κ1) is 29.6. The van der Waals surface area contributed by atoms with Crippen LogP contribution < -0.4 is 16.6 Å². The fraction of sp³-hybridized carbons (Fsp3) is 0.406. The number of carbonyl (C=O) groups is 2. The first-order chi connectivity index (χ1) is 20.8. The smallest absolute Gasteiger partial charge is 0.263 e. The molecule has 6 rings (SSSR count). The van der Waals surface area contributed by atoms with Crippen LogP contribution in [0.2, 0.25) is 0 Å². The Hall–Kier alpha value is -4.45. The lowest BCUT2D eigenvalue weighted by molar-refractivity contribution is -0.0445. The Kier molecular flexibility index (Phi) is 7.35. The molecule has 2 aliphatic carbocycles. The average molecular weight is 605 g/mol. The van der Waals surface area contributed by atoms with Gasteiger partial charge in [0.25, 0.3) is 11.5 Å². The number of hydrogen-bond acceptors (Lipinski definition) is 7. The maximum absolute atomic E-state index is 13.9. The number of rotatable bonds is 6. The summed E-state index contributed by atoms with van der Waals surface area (Å²) in [5.74, 6) is -3.33. The molecule has 3 aromatic heterocycles. The maximum Gasteiger partial charge on any atom is 0.263 e. The lowest BCUT2D eigenvalue weighted by Gasteiger charge is -2.33.